The largest absolute Gasteiger partial charge is 0.490 e. The minimum absolute atomic E-state index is 0.0300. The third-order valence-corrected chi connectivity index (χ3v) is 2.55. The summed E-state index contributed by atoms with van der Waals surface area (Å²) in [5, 5.41) is 0. The summed E-state index contributed by atoms with van der Waals surface area (Å²) in [6.45, 7) is 1.45. The first kappa shape index (κ1) is 12.2. The summed E-state index contributed by atoms with van der Waals surface area (Å²) >= 11 is 0. The predicted molar refractivity (Wildman–Crippen MR) is 61.5 cm³/mol. The molecule has 0 bridgehead atoms. The van der Waals surface area contributed by atoms with E-state index in [-0.39, 0.29) is 22.6 Å². The van der Waals surface area contributed by atoms with E-state index in [1.165, 1.54) is 26.2 Å². The fourth-order valence-corrected chi connectivity index (χ4v) is 1.60. The topological polar surface area (TPSA) is 55.0 Å². The molecular formula is C12H10F2N2O2. The highest BCUT2D eigenvalue weighted by molar-refractivity contribution is 5.66. The van der Waals surface area contributed by atoms with Crippen LogP contribution in [-0.4, -0.2) is 17.1 Å². The number of rotatable bonds is 2. The second-order valence-corrected chi connectivity index (χ2v) is 3.67. The Morgan fingerprint density at radius 3 is 2.67 bits per heavy atom. The number of nitrogens with zero attached hydrogens (tertiary/aromatic N) is 1. The highest BCUT2D eigenvalue weighted by Gasteiger charge is 2.18. The van der Waals surface area contributed by atoms with Crippen LogP contribution in [0.4, 0.5) is 8.78 Å². The maximum Gasteiger partial charge on any atom is 0.293 e. The highest BCUT2D eigenvalue weighted by Crippen LogP contribution is 2.28. The lowest BCUT2D eigenvalue weighted by Gasteiger charge is -2.08. The van der Waals surface area contributed by atoms with Crippen LogP contribution in [0.5, 0.6) is 5.75 Å². The van der Waals surface area contributed by atoms with Gasteiger partial charge in [-0.2, -0.15) is 0 Å². The van der Waals surface area contributed by atoms with Crippen LogP contribution in [0, 0.1) is 18.6 Å². The normalized spacial score (nSPS) is 10.4. The van der Waals surface area contributed by atoms with Crippen molar-refractivity contribution < 1.29 is 13.5 Å². The number of aromatic amines is 1. The van der Waals surface area contributed by atoms with Gasteiger partial charge in [0.25, 0.3) is 5.56 Å². The first-order chi connectivity index (χ1) is 8.56. The molecule has 0 spiro atoms. The van der Waals surface area contributed by atoms with Crippen molar-refractivity contribution in [2.75, 3.05) is 7.11 Å². The van der Waals surface area contributed by atoms with E-state index in [1.54, 1.807) is 0 Å². The van der Waals surface area contributed by atoms with Gasteiger partial charge in [-0.15, -0.1) is 0 Å². The number of halogens is 2. The number of methoxy groups -OCH3 is 1. The van der Waals surface area contributed by atoms with Crippen LogP contribution in [0.3, 0.4) is 0 Å². The van der Waals surface area contributed by atoms with Crippen LogP contribution in [0.15, 0.2) is 23.3 Å². The number of hydrogen-bond donors (Lipinski definition) is 1. The van der Waals surface area contributed by atoms with Crippen LogP contribution < -0.4 is 10.3 Å². The van der Waals surface area contributed by atoms with Crippen molar-refractivity contribution >= 4 is 0 Å². The van der Waals surface area contributed by atoms with Gasteiger partial charge in [-0.3, -0.25) is 4.79 Å². The van der Waals surface area contributed by atoms with Crippen molar-refractivity contribution in [3.63, 3.8) is 0 Å². The summed E-state index contributed by atoms with van der Waals surface area (Å²) in [7, 11) is 1.26. The monoisotopic (exact) mass is 252 g/mol. The Bertz CT molecular complexity index is 653. The van der Waals surface area contributed by atoms with Gasteiger partial charge in [-0.05, 0) is 18.6 Å². The van der Waals surface area contributed by atoms with Gasteiger partial charge < -0.3 is 9.72 Å². The summed E-state index contributed by atoms with van der Waals surface area (Å²) in [4.78, 5) is 17.6. The molecule has 0 aliphatic carbocycles. The fraction of sp³-hybridized carbons (Fsp3) is 0.167. The molecule has 0 radical (unpaired) electrons. The minimum atomic E-state index is -1.05. The van der Waals surface area contributed by atoms with Gasteiger partial charge in [0.1, 0.15) is 5.69 Å². The van der Waals surface area contributed by atoms with Gasteiger partial charge in [0, 0.05) is 5.56 Å². The molecule has 2 aromatic rings. The van der Waals surface area contributed by atoms with E-state index in [4.69, 9.17) is 4.74 Å². The van der Waals surface area contributed by atoms with E-state index < -0.39 is 17.2 Å². The fourth-order valence-electron chi connectivity index (χ4n) is 1.60. The lowest BCUT2D eigenvalue weighted by molar-refractivity contribution is 0.407. The molecule has 0 aliphatic heterocycles. The Balaban J connectivity index is 2.74. The molecule has 1 aromatic heterocycles. The minimum Gasteiger partial charge on any atom is -0.490 e. The van der Waals surface area contributed by atoms with Crippen molar-refractivity contribution in [3.05, 3.63) is 46.0 Å². The molecule has 0 amide bonds. The summed E-state index contributed by atoms with van der Waals surface area (Å²) in [5.74, 6) is -2.16. The first-order valence-corrected chi connectivity index (χ1v) is 5.13. The van der Waals surface area contributed by atoms with Crippen molar-refractivity contribution in [2.24, 2.45) is 0 Å². The van der Waals surface area contributed by atoms with Crippen LogP contribution in [0.1, 0.15) is 5.56 Å². The van der Waals surface area contributed by atoms with E-state index >= 15 is 0 Å². The Morgan fingerprint density at radius 1 is 1.28 bits per heavy atom. The lowest BCUT2D eigenvalue weighted by Crippen LogP contribution is -2.11. The Morgan fingerprint density at radius 2 is 2.00 bits per heavy atom. The molecule has 0 fully saturated rings. The summed E-state index contributed by atoms with van der Waals surface area (Å²) in [5.41, 5.74) is -0.512. The molecule has 0 atom stereocenters. The van der Waals surface area contributed by atoms with Crippen molar-refractivity contribution in [1.82, 2.24) is 9.97 Å². The van der Waals surface area contributed by atoms with E-state index in [9.17, 15) is 13.6 Å². The standard InChI is InChI=1S/C12H10F2N2O2/c1-6-3-4-7(9(14)8(6)13)10-11(18-2)12(17)16-5-15-10/h3-5H,1-2H3,(H,15,16,17). The summed E-state index contributed by atoms with van der Waals surface area (Å²) < 4.78 is 32.2. The molecule has 1 aromatic carbocycles. The van der Waals surface area contributed by atoms with Gasteiger partial charge in [-0.1, -0.05) is 6.07 Å². The molecular weight excluding hydrogens is 242 g/mol. The number of H-pyrrole nitrogens is 1. The zero-order chi connectivity index (χ0) is 13.3. The average molecular weight is 252 g/mol. The number of benzene rings is 1. The predicted octanol–water partition coefficient (Wildman–Crippen LogP) is 2.03. The molecule has 18 heavy (non-hydrogen) atoms. The number of aryl methyl sites for hydroxylation is 1. The second kappa shape index (κ2) is 4.56. The van der Waals surface area contributed by atoms with E-state index in [0.29, 0.717) is 0 Å². The van der Waals surface area contributed by atoms with Gasteiger partial charge >= 0.3 is 0 Å². The summed E-state index contributed by atoms with van der Waals surface area (Å²) in [6, 6.07) is 2.77. The maximum absolute atomic E-state index is 13.8. The molecule has 94 valence electrons. The van der Waals surface area contributed by atoms with Crippen molar-refractivity contribution in [1.29, 1.82) is 0 Å². The third kappa shape index (κ3) is 1.85. The molecule has 0 saturated heterocycles. The van der Waals surface area contributed by atoms with Gasteiger partial charge in [-0.25, -0.2) is 13.8 Å². The van der Waals surface area contributed by atoms with Crippen molar-refractivity contribution in [3.8, 4) is 17.0 Å². The highest BCUT2D eigenvalue weighted by atomic mass is 19.2. The van der Waals surface area contributed by atoms with Crippen LogP contribution >= 0.6 is 0 Å². The van der Waals surface area contributed by atoms with Crippen molar-refractivity contribution in [2.45, 2.75) is 6.92 Å². The molecule has 1 N–H and O–H groups in total. The maximum atomic E-state index is 13.8. The number of aromatic nitrogens is 2. The molecule has 1 heterocycles. The Hall–Kier alpha value is -2.24. The van der Waals surface area contributed by atoms with E-state index in [0.717, 1.165) is 6.33 Å². The number of hydrogen-bond acceptors (Lipinski definition) is 3. The van der Waals surface area contributed by atoms with E-state index in [1.807, 2.05) is 0 Å². The molecule has 0 unspecified atom stereocenters. The van der Waals surface area contributed by atoms with Gasteiger partial charge in [0.15, 0.2) is 11.6 Å². The molecule has 2 rings (SSSR count). The first-order valence-electron chi connectivity index (χ1n) is 5.13. The number of ether oxygens (including phenoxy) is 1. The SMILES string of the molecule is COc1c(-c2ccc(C)c(F)c2F)nc[nH]c1=O. The Labute approximate surface area is 101 Å². The average Bonchev–Trinajstić information content (AvgIpc) is 2.36. The summed E-state index contributed by atoms with van der Waals surface area (Å²) in [6.07, 6.45) is 1.11. The zero-order valence-electron chi connectivity index (χ0n) is 9.75. The zero-order valence-corrected chi connectivity index (χ0v) is 9.75. The van der Waals surface area contributed by atoms with Gasteiger partial charge in [0.2, 0.25) is 5.75 Å². The molecule has 0 saturated carbocycles. The lowest BCUT2D eigenvalue weighted by atomic mass is 10.1. The van der Waals surface area contributed by atoms with Crippen LogP contribution in [0.25, 0.3) is 11.3 Å². The quantitative estimate of drug-likeness (QED) is 0.889. The van der Waals surface area contributed by atoms with Crippen LogP contribution in [-0.2, 0) is 0 Å². The smallest absolute Gasteiger partial charge is 0.293 e. The molecule has 6 heteroatoms. The Kier molecular flexibility index (Phi) is 3.10. The van der Waals surface area contributed by atoms with Crippen LogP contribution in [0.2, 0.25) is 0 Å². The van der Waals surface area contributed by atoms with Gasteiger partial charge in [0.05, 0.1) is 13.4 Å². The van der Waals surface area contributed by atoms with E-state index in [2.05, 4.69) is 9.97 Å². The molecule has 4 nitrogen and oxygen atoms in total. The third-order valence-electron chi connectivity index (χ3n) is 2.55. The second-order valence-electron chi connectivity index (χ2n) is 3.67. The molecule has 0 aliphatic rings. The number of nitrogens with one attached hydrogen (secondary N) is 1.